The molecular formula is C18H19FN2O5. The van der Waals surface area contributed by atoms with Crippen LogP contribution in [0.4, 0.5) is 4.39 Å². The minimum atomic E-state index is -1.35. The molecule has 1 heterocycles. The van der Waals surface area contributed by atoms with Crippen molar-refractivity contribution in [3.63, 3.8) is 0 Å². The number of nitrogens with two attached hydrogens (primary N) is 1. The van der Waals surface area contributed by atoms with Crippen LogP contribution in [0.5, 0.6) is 5.75 Å². The minimum Gasteiger partial charge on any atom is -0.494 e. The second-order valence-corrected chi connectivity index (χ2v) is 7.20. The van der Waals surface area contributed by atoms with Gasteiger partial charge in [-0.05, 0) is 31.7 Å². The third-order valence-corrected chi connectivity index (χ3v) is 5.30. The molecule has 4 rings (SSSR count). The first kappa shape index (κ1) is 17.0. The van der Waals surface area contributed by atoms with Crippen molar-refractivity contribution in [3.05, 3.63) is 39.4 Å². The Labute approximate surface area is 147 Å². The van der Waals surface area contributed by atoms with Gasteiger partial charge in [-0.1, -0.05) is 0 Å². The van der Waals surface area contributed by atoms with Crippen LogP contribution in [0.15, 0.2) is 17.1 Å². The van der Waals surface area contributed by atoms with E-state index in [-0.39, 0.29) is 35.6 Å². The van der Waals surface area contributed by atoms with Crippen molar-refractivity contribution < 1.29 is 24.1 Å². The highest BCUT2D eigenvalue weighted by Gasteiger charge is 2.46. The van der Waals surface area contributed by atoms with Crippen LogP contribution in [-0.2, 0) is 5.54 Å². The molecule has 2 aliphatic carbocycles. The molecule has 0 atom stereocenters. The topological polar surface area (TPSA) is 115 Å². The molecule has 8 heteroatoms. The van der Waals surface area contributed by atoms with Gasteiger partial charge in [0.25, 0.3) is 0 Å². The lowest BCUT2D eigenvalue weighted by molar-refractivity contribution is 0.0182. The smallest absolute Gasteiger partial charge is 0.341 e. The number of fused-ring (bicyclic) bond motifs is 1. The van der Waals surface area contributed by atoms with E-state index in [1.54, 1.807) is 4.57 Å². The molecule has 26 heavy (non-hydrogen) atoms. The summed E-state index contributed by atoms with van der Waals surface area (Å²) in [4.78, 5) is 24.0. The van der Waals surface area contributed by atoms with Crippen molar-refractivity contribution in [1.29, 1.82) is 0 Å². The molecule has 0 unspecified atom stereocenters. The van der Waals surface area contributed by atoms with E-state index in [1.165, 1.54) is 13.3 Å². The van der Waals surface area contributed by atoms with Gasteiger partial charge < -0.3 is 25.3 Å². The summed E-state index contributed by atoms with van der Waals surface area (Å²) in [6.45, 7) is 0. The van der Waals surface area contributed by atoms with E-state index in [4.69, 9.17) is 10.5 Å². The molecule has 2 saturated carbocycles. The van der Waals surface area contributed by atoms with Crippen LogP contribution in [0.2, 0.25) is 0 Å². The van der Waals surface area contributed by atoms with E-state index in [1.807, 2.05) is 0 Å². The van der Waals surface area contributed by atoms with Gasteiger partial charge in [0.1, 0.15) is 11.4 Å². The predicted octanol–water partition coefficient (Wildman–Crippen LogP) is 1.49. The molecule has 7 nitrogen and oxygen atoms in total. The molecule has 1 aromatic heterocycles. The van der Waals surface area contributed by atoms with Crippen LogP contribution in [-0.4, -0.2) is 34.0 Å². The number of pyridine rings is 1. The van der Waals surface area contributed by atoms with Gasteiger partial charge in [0, 0.05) is 12.2 Å². The molecular weight excluding hydrogens is 343 g/mol. The number of hydrogen-bond acceptors (Lipinski definition) is 5. The number of rotatable bonds is 4. The monoisotopic (exact) mass is 362 g/mol. The predicted molar refractivity (Wildman–Crippen MR) is 91.1 cm³/mol. The average Bonchev–Trinajstić information content (AvgIpc) is 3.37. The zero-order valence-electron chi connectivity index (χ0n) is 14.2. The number of aromatic carboxylic acids is 1. The summed E-state index contributed by atoms with van der Waals surface area (Å²) in [6.07, 6.45) is 2.73. The van der Waals surface area contributed by atoms with Crippen LogP contribution in [0, 0.1) is 5.82 Å². The van der Waals surface area contributed by atoms with Crippen molar-refractivity contribution >= 4 is 16.9 Å². The van der Waals surface area contributed by atoms with Crippen LogP contribution in [0.25, 0.3) is 10.9 Å². The van der Waals surface area contributed by atoms with Gasteiger partial charge in [-0.25, -0.2) is 9.18 Å². The molecule has 1 aromatic carbocycles. The van der Waals surface area contributed by atoms with Crippen LogP contribution >= 0.6 is 0 Å². The third kappa shape index (κ3) is 2.33. The minimum absolute atomic E-state index is 0.0316. The Morgan fingerprint density at radius 1 is 1.42 bits per heavy atom. The Balaban J connectivity index is 2.10. The Bertz CT molecular complexity index is 989. The number of carboxylic acids is 1. The van der Waals surface area contributed by atoms with Crippen LogP contribution in [0.3, 0.4) is 0 Å². The molecule has 138 valence electrons. The lowest BCUT2D eigenvalue weighted by Gasteiger charge is -2.43. The van der Waals surface area contributed by atoms with E-state index in [9.17, 15) is 24.2 Å². The second kappa shape index (κ2) is 5.52. The maximum Gasteiger partial charge on any atom is 0.341 e. The largest absolute Gasteiger partial charge is 0.494 e. The number of methoxy groups -OCH3 is 1. The molecule has 0 aliphatic heterocycles. The van der Waals surface area contributed by atoms with Crippen molar-refractivity contribution in [2.45, 2.75) is 43.4 Å². The number of benzene rings is 1. The third-order valence-electron chi connectivity index (χ3n) is 5.30. The van der Waals surface area contributed by atoms with Crippen LogP contribution in [0.1, 0.15) is 47.6 Å². The number of hydrogen-bond donors (Lipinski definition) is 3. The summed E-state index contributed by atoms with van der Waals surface area (Å²) in [7, 11) is 1.36. The quantitative estimate of drug-likeness (QED) is 0.759. The Morgan fingerprint density at radius 2 is 2.08 bits per heavy atom. The van der Waals surface area contributed by atoms with Crippen molar-refractivity contribution in [3.8, 4) is 5.75 Å². The fourth-order valence-electron chi connectivity index (χ4n) is 3.89. The summed E-state index contributed by atoms with van der Waals surface area (Å²) in [5.74, 6) is -1.95. The van der Waals surface area contributed by atoms with Crippen molar-refractivity contribution in [2.24, 2.45) is 5.73 Å². The number of halogens is 1. The number of ether oxygens (including phenoxy) is 1. The SMILES string of the molecule is COc1c(C2(N)CC(O)C2)c(F)cc2c(=O)c(C(=O)O)cn(C3CC3)c12. The van der Waals surface area contributed by atoms with Gasteiger partial charge >= 0.3 is 5.97 Å². The van der Waals surface area contributed by atoms with Gasteiger partial charge in [-0.2, -0.15) is 0 Å². The molecule has 0 spiro atoms. The number of carboxylic acid groups (broad SMARTS) is 1. The summed E-state index contributed by atoms with van der Waals surface area (Å²) >= 11 is 0. The maximum atomic E-state index is 14.9. The highest BCUT2D eigenvalue weighted by Crippen LogP contribution is 2.48. The molecule has 0 bridgehead atoms. The number of aliphatic hydroxyl groups excluding tert-OH is 1. The number of aromatic nitrogens is 1. The Morgan fingerprint density at radius 3 is 2.58 bits per heavy atom. The van der Waals surface area contributed by atoms with E-state index in [0.717, 1.165) is 18.9 Å². The zero-order chi connectivity index (χ0) is 18.8. The molecule has 0 saturated heterocycles. The van der Waals surface area contributed by atoms with Crippen molar-refractivity contribution in [2.75, 3.05) is 7.11 Å². The van der Waals surface area contributed by atoms with Crippen molar-refractivity contribution in [1.82, 2.24) is 4.57 Å². The van der Waals surface area contributed by atoms with E-state index in [0.29, 0.717) is 5.52 Å². The number of nitrogens with zero attached hydrogens (tertiary/aromatic N) is 1. The van der Waals surface area contributed by atoms with E-state index < -0.39 is 34.4 Å². The molecule has 0 amide bonds. The summed E-state index contributed by atoms with van der Waals surface area (Å²) in [6, 6.07) is 1.07. The first-order chi connectivity index (χ1) is 12.3. The molecule has 2 aliphatic rings. The van der Waals surface area contributed by atoms with Gasteiger partial charge in [-0.3, -0.25) is 4.79 Å². The fraction of sp³-hybridized carbons (Fsp3) is 0.444. The average molecular weight is 362 g/mol. The summed E-state index contributed by atoms with van der Waals surface area (Å²) in [5, 5.41) is 18.9. The first-order valence-electron chi connectivity index (χ1n) is 8.43. The first-order valence-corrected chi connectivity index (χ1v) is 8.43. The number of aliphatic hydroxyl groups is 1. The highest BCUT2D eigenvalue weighted by molar-refractivity contribution is 5.95. The molecule has 2 fully saturated rings. The normalized spacial score (nSPS) is 25.2. The van der Waals surface area contributed by atoms with Gasteiger partial charge in [-0.15, -0.1) is 0 Å². The molecule has 2 aromatic rings. The van der Waals surface area contributed by atoms with E-state index in [2.05, 4.69) is 0 Å². The van der Waals surface area contributed by atoms with E-state index >= 15 is 0 Å². The summed E-state index contributed by atoms with van der Waals surface area (Å²) in [5.41, 5.74) is 4.51. The highest BCUT2D eigenvalue weighted by atomic mass is 19.1. The van der Waals surface area contributed by atoms with Crippen LogP contribution < -0.4 is 15.9 Å². The Hall–Kier alpha value is -2.45. The lowest BCUT2D eigenvalue weighted by Crippen LogP contribution is -2.52. The second-order valence-electron chi connectivity index (χ2n) is 7.20. The number of carbonyl (C=O) groups is 1. The lowest BCUT2D eigenvalue weighted by atomic mass is 9.70. The standard InChI is InChI=1S/C18H19FN2O5/c1-26-16-13(18(20)5-9(22)6-18)12(19)4-10-14(16)21(8-2-3-8)7-11(15(10)23)17(24)25/h4,7-9,22H,2-3,5-6,20H2,1H3,(H,24,25). The van der Waals surface area contributed by atoms with Gasteiger partial charge in [0.05, 0.1) is 35.2 Å². The van der Waals surface area contributed by atoms with Gasteiger partial charge in [0.2, 0.25) is 5.43 Å². The van der Waals surface area contributed by atoms with Gasteiger partial charge in [0.15, 0.2) is 5.75 Å². The molecule has 0 radical (unpaired) electrons. The Kier molecular flexibility index (Phi) is 3.61. The maximum absolute atomic E-state index is 14.9. The fourth-order valence-corrected chi connectivity index (χ4v) is 3.89. The molecule has 4 N–H and O–H groups in total. The zero-order valence-corrected chi connectivity index (χ0v) is 14.2. The summed E-state index contributed by atoms with van der Waals surface area (Å²) < 4.78 is 22.1.